The van der Waals surface area contributed by atoms with Gasteiger partial charge in [0.2, 0.25) is 5.91 Å². The second-order valence-corrected chi connectivity index (χ2v) is 10.3. The van der Waals surface area contributed by atoms with Crippen molar-refractivity contribution in [2.24, 2.45) is 17.8 Å². The van der Waals surface area contributed by atoms with Crippen LogP contribution in [0.1, 0.15) is 48.9 Å². The Morgan fingerprint density at radius 1 is 0.944 bits per heavy atom. The van der Waals surface area contributed by atoms with E-state index in [4.69, 9.17) is 23.2 Å². The van der Waals surface area contributed by atoms with Crippen LogP contribution >= 0.6 is 23.2 Å². The standard InChI is InChI=1S/C25H26Cl2F6N2O/c1-13(2)20-9-19(34-12-15-3-4-18(26)8-22(15)27)10-21(20)23(36)35-11-14-5-16(24(28,29)30)7-17(6-14)25(31,32)33/h3-8,13,19-21,34H,9-12H2,1-2H3,(H,35,36)/t19-,20?,21-/m1/s1. The molecule has 1 aliphatic rings. The van der Waals surface area contributed by atoms with E-state index in [1.165, 1.54) is 0 Å². The molecule has 1 amide bonds. The van der Waals surface area contributed by atoms with Crippen LogP contribution < -0.4 is 10.6 Å². The van der Waals surface area contributed by atoms with E-state index in [9.17, 15) is 31.1 Å². The monoisotopic (exact) mass is 554 g/mol. The average Bonchev–Trinajstić information content (AvgIpc) is 3.20. The van der Waals surface area contributed by atoms with Crippen molar-refractivity contribution in [1.82, 2.24) is 10.6 Å². The molecule has 36 heavy (non-hydrogen) atoms. The number of nitrogens with one attached hydrogen (secondary N) is 2. The van der Waals surface area contributed by atoms with Crippen molar-refractivity contribution in [2.75, 3.05) is 0 Å². The number of amides is 1. The third-order valence-electron chi connectivity index (χ3n) is 6.52. The fourth-order valence-corrected chi connectivity index (χ4v) is 5.11. The van der Waals surface area contributed by atoms with Gasteiger partial charge in [0, 0.05) is 35.1 Å². The molecule has 0 spiro atoms. The normalized spacial score (nSPS) is 20.7. The number of halogens is 8. The van der Waals surface area contributed by atoms with Crippen molar-refractivity contribution >= 4 is 29.1 Å². The van der Waals surface area contributed by atoms with E-state index in [1.807, 2.05) is 13.8 Å². The maximum atomic E-state index is 13.1. The van der Waals surface area contributed by atoms with Crippen LogP contribution in [0.5, 0.6) is 0 Å². The molecule has 2 aromatic carbocycles. The van der Waals surface area contributed by atoms with Gasteiger partial charge >= 0.3 is 12.4 Å². The van der Waals surface area contributed by atoms with Gasteiger partial charge < -0.3 is 10.6 Å². The van der Waals surface area contributed by atoms with Crippen LogP contribution in [0.15, 0.2) is 36.4 Å². The highest BCUT2D eigenvalue weighted by Gasteiger charge is 2.40. The molecule has 198 valence electrons. The van der Waals surface area contributed by atoms with E-state index in [-0.39, 0.29) is 29.5 Å². The molecule has 2 aromatic rings. The van der Waals surface area contributed by atoms with Crippen molar-refractivity contribution in [2.45, 2.75) is 58.2 Å². The molecule has 3 atom stereocenters. The smallest absolute Gasteiger partial charge is 0.352 e. The Labute approximate surface area is 215 Å². The summed E-state index contributed by atoms with van der Waals surface area (Å²) in [6.45, 7) is 3.98. The molecule has 1 saturated carbocycles. The molecule has 0 bridgehead atoms. The molecule has 1 unspecified atom stereocenters. The van der Waals surface area contributed by atoms with Crippen LogP contribution in [-0.2, 0) is 30.2 Å². The van der Waals surface area contributed by atoms with Gasteiger partial charge in [-0.3, -0.25) is 4.79 Å². The second-order valence-electron chi connectivity index (χ2n) is 9.43. The van der Waals surface area contributed by atoms with Gasteiger partial charge in [0.25, 0.3) is 0 Å². The lowest BCUT2D eigenvalue weighted by Gasteiger charge is -2.22. The summed E-state index contributed by atoms with van der Waals surface area (Å²) in [7, 11) is 0. The van der Waals surface area contributed by atoms with E-state index < -0.39 is 41.8 Å². The number of hydrogen-bond acceptors (Lipinski definition) is 2. The third kappa shape index (κ3) is 7.29. The molecular weight excluding hydrogens is 529 g/mol. The summed E-state index contributed by atoms with van der Waals surface area (Å²) in [4.78, 5) is 13.0. The van der Waals surface area contributed by atoms with Gasteiger partial charge in [-0.25, -0.2) is 0 Å². The number of rotatable bonds is 7. The van der Waals surface area contributed by atoms with Crippen LogP contribution in [0.3, 0.4) is 0 Å². The third-order valence-corrected chi connectivity index (χ3v) is 7.10. The molecule has 1 fully saturated rings. The summed E-state index contributed by atoms with van der Waals surface area (Å²) in [5, 5.41) is 6.98. The Kier molecular flexibility index (Phi) is 8.89. The fourth-order valence-electron chi connectivity index (χ4n) is 4.64. The fraction of sp³-hybridized carbons (Fsp3) is 0.480. The average molecular weight is 555 g/mol. The quantitative estimate of drug-likeness (QED) is 0.348. The molecular formula is C25H26Cl2F6N2O. The lowest BCUT2D eigenvalue weighted by Crippen LogP contribution is -2.34. The Hall–Kier alpha value is -1.97. The maximum absolute atomic E-state index is 13.1. The minimum Gasteiger partial charge on any atom is -0.352 e. The Morgan fingerprint density at radius 2 is 1.56 bits per heavy atom. The molecule has 2 N–H and O–H groups in total. The van der Waals surface area contributed by atoms with Crippen LogP contribution in [0.25, 0.3) is 0 Å². The minimum absolute atomic E-state index is 0.00423. The molecule has 0 radical (unpaired) electrons. The lowest BCUT2D eigenvalue weighted by atomic mass is 9.85. The summed E-state index contributed by atoms with van der Waals surface area (Å²) < 4.78 is 78.8. The van der Waals surface area contributed by atoms with Crippen LogP contribution in [-0.4, -0.2) is 11.9 Å². The van der Waals surface area contributed by atoms with E-state index >= 15 is 0 Å². The zero-order valence-electron chi connectivity index (χ0n) is 19.5. The predicted molar refractivity (Wildman–Crippen MR) is 126 cm³/mol. The zero-order chi connectivity index (χ0) is 26.8. The highest BCUT2D eigenvalue weighted by molar-refractivity contribution is 6.35. The SMILES string of the molecule is CC(C)C1C[C@@H](NCc2ccc(Cl)cc2Cl)C[C@H]1C(=O)NCc1cc(C(F)(F)F)cc(C(F)(F)F)c1. The van der Waals surface area contributed by atoms with E-state index in [2.05, 4.69) is 10.6 Å². The first-order valence-electron chi connectivity index (χ1n) is 11.4. The van der Waals surface area contributed by atoms with Crippen molar-refractivity contribution in [1.29, 1.82) is 0 Å². The van der Waals surface area contributed by atoms with Gasteiger partial charge in [0.15, 0.2) is 0 Å². The molecule has 0 aromatic heterocycles. The van der Waals surface area contributed by atoms with Crippen LogP contribution in [0, 0.1) is 17.8 Å². The molecule has 0 aliphatic heterocycles. The predicted octanol–water partition coefficient (Wildman–Crippen LogP) is 7.49. The maximum Gasteiger partial charge on any atom is 0.416 e. The summed E-state index contributed by atoms with van der Waals surface area (Å²) in [6.07, 6.45) is -8.71. The van der Waals surface area contributed by atoms with Crippen molar-refractivity contribution in [3.8, 4) is 0 Å². The van der Waals surface area contributed by atoms with Gasteiger partial charge in [-0.2, -0.15) is 26.3 Å². The zero-order valence-corrected chi connectivity index (χ0v) is 21.0. The van der Waals surface area contributed by atoms with Gasteiger partial charge in [0.05, 0.1) is 11.1 Å². The van der Waals surface area contributed by atoms with Crippen LogP contribution in [0.2, 0.25) is 10.0 Å². The minimum atomic E-state index is -4.94. The van der Waals surface area contributed by atoms with Crippen molar-refractivity contribution in [3.05, 3.63) is 68.7 Å². The first-order valence-corrected chi connectivity index (χ1v) is 12.1. The molecule has 0 heterocycles. The van der Waals surface area contributed by atoms with E-state index in [0.29, 0.717) is 41.6 Å². The molecule has 3 rings (SSSR count). The molecule has 3 nitrogen and oxygen atoms in total. The molecule has 0 saturated heterocycles. The van der Waals surface area contributed by atoms with Gasteiger partial charge in [-0.1, -0.05) is 43.1 Å². The molecule has 1 aliphatic carbocycles. The van der Waals surface area contributed by atoms with Gasteiger partial charge in [0.1, 0.15) is 0 Å². The van der Waals surface area contributed by atoms with Crippen molar-refractivity contribution < 1.29 is 31.1 Å². The first kappa shape index (κ1) is 28.6. The Balaban J connectivity index is 1.68. The van der Waals surface area contributed by atoms with Crippen molar-refractivity contribution in [3.63, 3.8) is 0 Å². The largest absolute Gasteiger partial charge is 0.416 e. The van der Waals surface area contributed by atoms with E-state index in [1.54, 1.807) is 18.2 Å². The number of carbonyl (C=O) groups excluding carboxylic acids is 1. The Bertz CT molecular complexity index is 1050. The van der Waals surface area contributed by atoms with Gasteiger partial charge in [-0.15, -0.1) is 0 Å². The number of hydrogen-bond donors (Lipinski definition) is 2. The lowest BCUT2D eigenvalue weighted by molar-refractivity contribution is -0.143. The first-order chi connectivity index (χ1) is 16.6. The number of benzene rings is 2. The second kappa shape index (κ2) is 11.2. The summed E-state index contributed by atoms with van der Waals surface area (Å²) in [5.74, 6) is -0.683. The van der Waals surface area contributed by atoms with Crippen LogP contribution in [0.4, 0.5) is 26.3 Å². The summed E-state index contributed by atoms with van der Waals surface area (Å²) >= 11 is 12.1. The summed E-state index contributed by atoms with van der Waals surface area (Å²) in [6, 6.07) is 6.49. The number of alkyl halides is 6. The van der Waals surface area contributed by atoms with Gasteiger partial charge in [-0.05, 0) is 66.1 Å². The molecule has 11 heteroatoms. The van der Waals surface area contributed by atoms with E-state index in [0.717, 1.165) is 5.56 Å². The topological polar surface area (TPSA) is 41.1 Å². The summed E-state index contributed by atoms with van der Waals surface area (Å²) in [5.41, 5.74) is -2.24. The Morgan fingerprint density at radius 3 is 2.08 bits per heavy atom. The highest BCUT2D eigenvalue weighted by atomic mass is 35.5. The number of carbonyl (C=O) groups is 1. The highest BCUT2D eigenvalue weighted by Crippen LogP contribution is 2.39.